The summed E-state index contributed by atoms with van der Waals surface area (Å²) in [4.78, 5) is 6.84. The van der Waals surface area contributed by atoms with E-state index >= 15 is 0 Å². The highest BCUT2D eigenvalue weighted by Gasteiger charge is 2.42. The number of oxazole rings is 1. The number of aliphatic hydroxyl groups excluding tert-OH is 2. The molecular formula is C24H27FN2O3. The summed E-state index contributed by atoms with van der Waals surface area (Å²) in [5.41, 5.74) is 2.03. The van der Waals surface area contributed by atoms with E-state index in [0.29, 0.717) is 31.8 Å². The Morgan fingerprint density at radius 1 is 1.17 bits per heavy atom. The fourth-order valence-electron chi connectivity index (χ4n) is 4.27. The number of halogens is 1. The molecule has 6 heteroatoms. The zero-order chi connectivity index (χ0) is 21.1. The number of hydrogen-bond donors (Lipinski definition) is 2. The molecule has 0 aliphatic carbocycles. The van der Waals surface area contributed by atoms with Crippen LogP contribution in [0.4, 0.5) is 4.39 Å². The van der Waals surface area contributed by atoms with Gasteiger partial charge in [0.2, 0.25) is 5.89 Å². The number of hydrogen-bond acceptors (Lipinski definition) is 5. The molecule has 1 fully saturated rings. The maximum atomic E-state index is 13.2. The average Bonchev–Trinajstić information content (AvgIpc) is 3.12. The van der Waals surface area contributed by atoms with Gasteiger partial charge < -0.3 is 14.6 Å². The summed E-state index contributed by atoms with van der Waals surface area (Å²) < 4.78 is 19.0. The third kappa shape index (κ3) is 4.31. The molecule has 4 rings (SSSR count). The first-order chi connectivity index (χ1) is 14.5. The lowest BCUT2D eigenvalue weighted by atomic mass is 9.73. The topological polar surface area (TPSA) is 69.7 Å². The lowest BCUT2D eigenvalue weighted by Gasteiger charge is -2.45. The van der Waals surface area contributed by atoms with E-state index in [1.54, 1.807) is 12.1 Å². The Hall–Kier alpha value is -2.54. The van der Waals surface area contributed by atoms with Crippen LogP contribution in [0, 0.1) is 18.2 Å². The predicted octanol–water partition coefficient (Wildman–Crippen LogP) is 3.58. The number of piperidine rings is 1. The van der Waals surface area contributed by atoms with Crippen molar-refractivity contribution in [3.8, 4) is 11.5 Å². The first kappa shape index (κ1) is 20.7. The standard InChI is InChI=1S/C24H27FN2O3/c1-17-21(26-23(30-17)19-7-9-20(25)10-8-19)14-27-12-11-22(29)24(15-27,16-28)13-18-5-3-2-4-6-18/h2-10,22,28-29H,11-16H2,1H3/t22-,24+/m0/s1. The summed E-state index contributed by atoms with van der Waals surface area (Å²) in [6.07, 6.45) is 0.641. The van der Waals surface area contributed by atoms with Gasteiger partial charge in [-0.05, 0) is 49.6 Å². The summed E-state index contributed by atoms with van der Waals surface area (Å²) in [6.45, 7) is 3.64. The molecular weight excluding hydrogens is 383 g/mol. The minimum Gasteiger partial charge on any atom is -0.441 e. The highest BCUT2D eigenvalue weighted by Crippen LogP contribution is 2.35. The van der Waals surface area contributed by atoms with E-state index in [9.17, 15) is 14.6 Å². The van der Waals surface area contributed by atoms with E-state index in [1.165, 1.54) is 12.1 Å². The minimum atomic E-state index is -0.614. The van der Waals surface area contributed by atoms with E-state index < -0.39 is 11.5 Å². The van der Waals surface area contributed by atoms with Gasteiger partial charge in [0.1, 0.15) is 11.6 Å². The Kier molecular flexibility index (Phi) is 5.99. The summed E-state index contributed by atoms with van der Waals surface area (Å²) in [5, 5.41) is 21.0. The number of benzene rings is 2. The molecule has 30 heavy (non-hydrogen) atoms. The first-order valence-electron chi connectivity index (χ1n) is 10.3. The SMILES string of the molecule is Cc1oc(-c2ccc(F)cc2)nc1CN1CC[C@H](O)[C@](CO)(Cc2ccccc2)C1. The first-order valence-corrected chi connectivity index (χ1v) is 10.3. The maximum absolute atomic E-state index is 13.2. The molecule has 3 aromatic rings. The molecule has 0 amide bonds. The second-order valence-corrected chi connectivity index (χ2v) is 8.23. The summed E-state index contributed by atoms with van der Waals surface area (Å²) >= 11 is 0. The average molecular weight is 410 g/mol. The van der Waals surface area contributed by atoms with Gasteiger partial charge in [-0.3, -0.25) is 4.90 Å². The molecule has 0 saturated carbocycles. The minimum absolute atomic E-state index is 0.0851. The smallest absolute Gasteiger partial charge is 0.226 e. The van der Waals surface area contributed by atoms with Gasteiger partial charge in [0.05, 0.1) is 18.4 Å². The molecule has 1 saturated heterocycles. The number of aryl methyl sites for hydroxylation is 1. The van der Waals surface area contributed by atoms with Gasteiger partial charge in [-0.2, -0.15) is 0 Å². The normalized spacial score (nSPS) is 22.3. The lowest BCUT2D eigenvalue weighted by Crippen LogP contribution is -2.54. The second-order valence-electron chi connectivity index (χ2n) is 8.23. The fraction of sp³-hybridized carbons (Fsp3) is 0.375. The summed E-state index contributed by atoms with van der Waals surface area (Å²) in [7, 11) is 0. The molecule has 0 spiro atoms. The Labute approximate surface area is 175 Å². The van der Waals surface area contributed by atoms with Crippen LogP contribution in [0.25, 0.3) is 11.5 Å². The molecule has 2 aromatic carbocycles. The van der Waals surface area contributed by atoms with Gasteiger partial charge in [0, 0.05) is 30.6 Å². The number of rotatable bonds is 6. The van der Waals surface area contributed by atoms with Gasteiger partial charge in [0.25, 0.3) is 0 Å². The molecule has 2 heterocycles. The molecule has 5 nitrogen and oxygen atoms in total. The van der Waals surface area contributed by atoms with Crippen LogP contribution in [0.2, 0.25) is 0 Å². The number of nitrogens with zero attached hydrogens (tertiary/aromatic N) is 2. The monoisotopic (exact) mass is 410 g/mol. The van der Waals surface area contributed by atoms with Crippen molar-refractivity contribution >= 4 is 0 Å². The van der Waals surface area contributed by atoms with Crippen molar-refractivity contribution in [2.75, 3.05) is 19.7 Å². The Balaban J connectivity index is 1.51. The molecule has 2 N–H and O–H groups in total. The van der Waals surface area contributed by atoms with Gasteiger partial charge >= 0.3 is 0 Å². The highest BCUT2D eigenvalue weighted by molar-refractivity contribution is 5.53. The quantitative estimate of drug-likeness (QED) is 0.650. The van der Waals surface area contributed by atoms with Crippen molar-refractivity contribution in [1.82, 2.24) is 9.88 Å². The lowest BCUT2D eigenvalue weighted by molar-refractivity contribution is -0.0771. The molecule has 0 bridgehead atoms. The molecule has 1 aliphatic heterocycles. The third-order valence-corrected chi connectivity index (χ3v) is 6.04. The van der Waals surface area contributed by atoms with E-state index in [0.717, 1.165) is 29.1 Å². The fourth-order valence-corrected chi connectivity index (χ4v) is 4.27. The second kappa shape index (κ2) is 8.68. The molecule has 0 unspecified atom stereocenters. The van der Waals surface area contributed by atoms with Gasteiger partial charge in [-0.15, -0.1) is 0 Å². The van der Waals surface area contributed by atoms with Crippen LogP contribution in [-0.2, 0) is 13.0 Å². The van der Waals surface area contributed by atoms with Crippen LogP contribution >= 0.6 is 0 Å². The van der Waals surface area contributed by atoms with E-state index in [1.807, 2.05) is 37.3 Å². The third-order valence-electron chi connectivity index (χ3n) is 6.04. The van der Waals surface area contributed by atoms with Crippen molar-refractivity contribution in [1.29, 1.82) is 0 Å². The zero-order valence-corrected chi connectivity index (χ0v) is 17.1. The molecule has 1 aliphatic rings. The van der Waals surface area contributed by atoms with Crippen molar-refractivity contribution in [3.05, 3.63) is 77.4 Å². The maximum Gasteiger partial charge on any atom is 0.226 e. The predicted molar refractivity (Wildman–Crippen MR) is 112 cm³/mol. The van der Waals surface area contributed by atoms with Crippen LogP contribution in [0.1, 0.15) is 23.4 Å². The van der Waals surface area contributed by atoms with Crippen molar-refractivity contribution in [3.63, 3.8) is 0 Å². The Morgan fingerprint density at radius 3 is 2.60 bits per heavy atom. The van der Waals surface area contributed by atoms with Crippen LogP contribution in [0.15, 0.2) is 59.0 Å². The molecule has 1 aromatic heterocycles. The number of likely N-dealkylation sites (tertiary alicyclic amines) is 1. The largest absolute Gasteiger partial charge is 0.441 e. The van der Waals surface area contributed by atoms with Crippen LogP contribution in [0.5, 0.6) is 0 Å². The zero-order valence-electron chi connectivity index (χ0n) is 17.1. The van der Waals surface area contributed by atoms with E-state index in [-0.39, 0.29) is 12.4 Å². The van der Waals surface area contributed by atoms with E-state index in [4.69, 9.17) is 4.42 Å². The van der Waals surface area contributed by atoms with Crippen molar-refractivity contribution in [2.45, 2.75) is 32.4 Å². The van der Waals surface area contributed by atoms with Gasteiger partial charge in [-0.25, -0.2) is 9.37 Å². The van der Waals surface area contributed by atoms with Gasteiger partial charge in [0.15, 0.2) is 0 Å². The Bertz CT molecular complexity index is 974. The molecule has 158 valence electrons. The Morgan fingerprint density at radius 2 is 1.90 bits per heavy atom. The van der Waals surface area contributed by atoms with Crippen LogP contribution in [0.3, 0.4) is 0 Å². The van der Waals surface area contributed by atoms with E-state index in [2.05, 4.69) is 9.88 Å². The molecule has 2 atom stereocenters. The highest BCUT2D eigenvalue weighted by atomic mass is 19.1. The van der Waals surface area contributed by atoms with Crippen LogP contribution < -0.4 is 0 Å². The van der Waals surface area contributed by atoms with Crippen molar-refractivity contribution in [2.24, 2.45) is 5.41 Å². The molecule has 0 radical (unpaired) electrons. The number of aliphatic hydroxyl groups is 2. The summed E-state index contributed by atoms with van der Waals surface area (Å²) in [5.74, 6) is 0.892. The van der Waals surface area contributed by atoms with Crippen molar-refractivity contribution < 1.29 is 19.0 Å². The van der Waals surface area contributed by atoms with Crippen LogP contribution in [-0.4, -0.2) is 45.9 Å². The number of aromatic nitrogens is 1. The van der Waals surface area contributed by atoms with Gasteiger partial charge in [-0.1, -0.05) is 30.3 Å². The summed E-state index contributed by atoms with van der Waals surface area (Å²) in [6, 6.07) is 16.0.